The van der Waals surface area contributed by atoms with Crippen molar-refractivity contribution in [1.29, 1.82) is 0 Å². The normalized spacial score (nSPS) is 20.8. The highest BCUT2D eigenvalue weighted by Crippen LogP contribution is 2.43. The molecule has 0 spiro atoms. The second-order valence-corrected chi connectivity index (χ2v) is 14.4. The Morgan fingerprint density at radius 1 is 1.09 bits per heavy atom. The third-order valence-electron chi connectivity index (χ3n) is 9.02. The van der Waals surface area contributed by atoms with Gasteiger partial charge in [-0.3, -0.25) is 9.00 Å². The minimum Gasteiger partial charge on any atom is -0.465 e. The first-order valence-electron chi connectivity index (χ1n) is 16.1. The summed E-state index contributed by atoms with van der Waals surface area (Å²) >= 11 is 0. The molecule has 2 fully saturated rings. The van der Waals surface area contributed by atoms with Gasteiger partial charge >= 0.3 is 6.09 Å². The molecule has 2 aliphatic carbocycles. The number of aromatic nitrogens is 1. The van der Waals surface area contributed by atoms with E-state index in [-0.39, 0.29) is 17.0 Å². The van der Waals surface area contributed by atoms with Gasteiger partial charge in [0.15, 0.2) is 6.29 Å². The Morgan fingerprint density at radius 3 is 2.45 bits per heavy atom. The van der Waals surface area contributed by atoms with E-state index in [9.17, 15) is 13.8 Å². The van der Waals surface area contributed by atoms with E-state index < -0.39 is 22.7 Å². The molecule has 11 heteroatoms. The molecule has 1 aromatic carbocycles. The number of carbonyl (C=O) groups excluding carboxylic acids is 1. The van der Waals surface area contributed by atoms with Crippen LogP contribution in [0.2, 0.25) is 0 Å². The average Bonchev–Trinajstić information content (AvgIpc) is 3.72. The van der Waals surface area contributed by atoms with Gasteiger partial charge in [-0.1, -0.05) is 33.1 Å². The molecule has 5 N–H and O–H groups in total. The van der Waals surface area contributed by atoms with Crippen LogP contribution in [0.25, 0.3) is 5.69 Å². The van der Waals surface area contributed by atoms with Gasteiger partial charge in [-0.2, -0.15) is 0 Å². The maximum atomic E-state index is 15.1. The molecule has 1 aromatic heterocycles. The number of fused-ring (bicyclic) bond motifs is 3. The standard InChI is InChI=1S/C25H31FN2O2S.C7H14N2O2.CH5N/c1-25(2)13-23-24(31(30)15-25)18-9-6-10-22(18)28(23)17-11-20(26)19(14-29)21(12-17)27-16-7-4-3-5-8-16;10-7(11)8-3-6-9-4-1-2-5-9;1-2/h11-12,14,16,27H,3-10,13,15H2,1-2H3;8H,1-6H2,(H,10,11);2H2,1H3. The van der Waals surface area contributed by atoms with Gasteiger partial charge in [0.2, 0.25) is 0 Å². The van der Waals surface area contributed by atoms with Gasteiger partial charge in [0.25, 0.3) is 0 Å². The lowest BCUT2D eigenvalue weighted by Crippen LogP contribution is -2.32. The second kappa shape index (κ2) is 15.5. The molecule has 0 bridgehead atoms. The summed E-state index contributed by atoms with van der Waals surface area (Å²) in [6, 6.07) is 3.70. The van der Waals surface area contributed by atoms with E-state index in [4.69, 9.17) is 5.11 Å². The number of halogens is 1. The second-order valence-electron chi connectivity index (χ2n) is 13.0. The van der Waals surface area contributed by atoms with Crippen LogP contribution >= 0.6 is 0 Å². The fourth-order valence-corrected chi connectivity index (χ4v) is 8.97. The zero-order chi connectivity index (χ0) is 31.9. The number of benzene rings is 1. The molecule has 0 radical (unpaired) electrons. The van der Waals surface area contributed by atoms with Crippen LogP contribution in [-0.4, -0.2) is 76.2 Å². The molecule has 1 unspecified atom stereocenters. The number of anilines is 1. The molecule has 2 aliphatic heterocycles. The lowest BCUT2D eigenvalue weighted by Gasteiger charge is -2.31. The molecule has 3 heterocycles. The monoisotopic (exact) mass is 631 g/mol. The fourth-order valence-electron chi connectivity index (χ4n) is 7.09. The van der Waals surface area contributed by atoms with Gasteiger partial charge in [-0.15, -0.1) is 0 Å². The Balaban J connectivity index is 0.000000287. The zero-order valence-corrected chi connectivity index (χ0v) is 27.4. The Kier molecular flexibility index (Phi) is 12.0. The van der Waals surface area contributed by atoms with Crippen molar-refractivity contribution >= 4 is 28.9 Å². The van der Waals surface area contributed by atoms with Crippen LogP contribution < -0.4 is 16.4 Å². The Hall–Kier alpha value is -2.76. The number of hydrogen-bond acceptors (Lipinski definition) is 6. The zero-order valence-electron chi connectivity index (χ0n) is 26.6. The number of carboxylic acid groups (broad SMARTS) is 1. The van der Waals surface area contributed by atoms with Crippen molar-refractivity contribution in [3.8, 4) is 5.69 Å². The van der Waals surface area contributed by atoms with Crippen molar-refractivity contribution in [3.63, 3.8) is 0 Å². The first-order chi connectivity index (χ1) is 21.2. The van der Waals surface area contributed by atoms with Crippen LogP contribution in [0.1, 0.15) is 92.5 Å². The SMILES string of the molecule is CC1(C)Cc2c(c3c(n2-c2cc(F)c(C=O)c(NC4CCCCC4)c2)CCC3)S(=O)C1.CN.O=C(O)NCCN1CCCC1. The number of likely N-dealkylation sites (tertiary alicyclic amines) is 1. The highest BCUT2D eigenvalue weighted by Gasteiger charge is 2.38. The molecule has 9 nitrogen and oxygen atoms in total. The summed E-state index contributed by atoms with van der Waals surface area (Å²) in [5.74, 6) is 0.180. The van der Waals surface area contributed by atoms with Crippen LogP contribution in [0.5, 0.6) is 0 Å². The van der Waals surface area contributed by atoms with E-state index in [0.717, 1.165) is 87.3 Å². The Labute approximate surface area is 263 Å². The maximum Gasteiger partial charge on any atom is 0.404 e. The molecule has 1 amide bonds. The molecule has 1 saturated carbocycles. The molecule has 6 rings (SSSR count). The Bertz CT molecular complexity index is 1330. The number of nitrogens with two attached hydrogens (primary N) is 1. The predicted molar refractivity (Wildman–Crippen MR) is 174 cm³/mol. The predicted octanol–water partition coefficient (Wildman–Crippen LogP) is 5.28. The summed E-state index contributed by atoms with van der Waals surface area (Å²) in [6.45, 7) is 7.97. The molecule has 44 heavy (non-hydrogen) atoms. The third kappa shape index (κ3) is 8.09. The fraction of sp³-hybridized carbons (Fsp3) is 0.636. The van der Waals surface area contributed by atoms with Gasteiger partial charge in [0.05, 0.1) is 26.9 Å². The van der Waals surface area contributed by atoms with Crippen LogP contribution in [-0.2, 0) is 30.1 Å². The summed E-state index contributed by atoms with van der Waals surface area (Å²) in [5.41, 5.74) is 9.34. The molecule has 2 aromatic rings. The molecule has 1 saturated heterocycles. The van der Waals surface area contributed by atoms with Crippen molar-refractivity contribution in [3.05, 3.63) is 40.5 Å². The van der Waals surface area contributed by atoms with Gasteiger partial charge in [-0.25, -0.2) is 9.18 Å². The van der Waals surface area contributed by atoms with E-state index in [1.807, 2.05) is 6.07 Å². The molecule has 244 valence electrons. The summed E-state index contributed by atoms with van der Waals surface area (Å²) in [5, 5.41) is 14.1. The number of rotatable bonds is 7. The number of nitrogens with one attached hydrogen (secondary N) is 2. The van der Waals surface area contributed by atoms with Crippen LogP contribution in [0.3, 0.4) is 0 Å². The highest BCUT2D eigenvalue weighted by atomic mass is 32.2. The lowest BCUT2D eigenvalue weighted by atomic mass is 9.89. The molecular weight excluding hydrogens is 581 g/mol. The minimum atomic E-state index is -1.03. The van der Waals surface area contributed by atoms with E-state index in [0.29, 0.717) is 24.3 Å². The largest absolute Gasteiger partial charge is 0.465 e. The van der Waals surface area contributed by atoms with E-state index in [1.165, 1.54) is 43.6 Å². The number of nitrogens with zero attached hydrogens (tertiary/aromatic N) is 2. The van der Waals surface area contributed by atoms with Crippen molar-refractivity contribution in [2.24, 2.45) is 11.1 Å². The summed E-state index contributed by atoms with van der Waals surface area (Å²) < 4.78 is 30.5. The highest BCUT2D eigenvalue weighted by molar-refractivity contribution is 7.85. The van der Waals surface area contributed by atoms with Crippen molar-refractivity contribution in [2.75, 3.05) is 44.3 Å². The van der Waals surface area contributed by atoms with Crippen molar-refractivity contribution < 1.29 is 23.3 Å². The van der Waals surface area contributed by atoms with Crippen LogP contribution in [0, 0.1) is 11.2 Å². The minimum absolute atomic E-state index is 0.0633. The lowest BCUT2D eigenvalue weighted by molar-refractivity contribution is 0.112. The number of amides is 1. The smallest absolute Gasteiger partial charge is 0.404 e. The molecule has 4 aliphatic rings. The number of carbonyl (C=O) groups is 2. The van der Waals surface area contributed by atoms with Crippen LogP contribution in [0.15, 0.2) is 17.0 Å². The average molecular weight is 632 g/mol. The number of aldehydes is 1. The van der Waals surface area contributed by atoms with E-state index >= 15 is 4.39 Å². The van der Waals surface area contributed by atoms with Crippen molar-refractivity contribution in [2.45, 2.75) is 95.4 Å². The van der Waals surface area contributed by atoms with Crippen LogP contribution in [0.4, 0.5) is 14.9 Å². The topological polar surface area (TPSA) is 130 Å². The third-order valence-corrected chi connectivity index (χ3v) is 11.0. The summed E-state index contributed by atoms with van der Waals surface area (Å²) in [6.07, 6.45) is 11.6. The summed E-state index contributed by atoms with van der Waals surface area (Å²) in [7, 11) is 0.472. The van der Waals surface area contributed by atoms with Crippen molar-refractivity contribution in [1.82, 2.24) is 14.8 Å². The molecule has 1 atom stereocenters. The number of hydrogen-bond donors (Lipinski definition) is 4. The van der Waals surface area contributed by atoms with Gasteiger partial charge in [-0.05, 0) is 94.6 Å². The van der Waals surface area contributed by atoms with Gasteiger partial charge < -0.3 is 30.9 Å². The van der Waals surface area contributed by atoms with Gasteiger partial charge in [0, 0.05) is 42.0 Å². The Morgan fingerprint density at radius 2 is 1.80 bits per heavy atom. The summed E-state index contributed by atoms with van der Waals surface area (Å²) in [4.78, 5) is 25.0. The molecular formula is C33H50FN5O4S. The maximum absolute atomic E-state index is 15.1. The quantitative estimate of drug-likeness (QED) is 0.306. The van der Waals surface area contributed by atoms with E-state index in [2.05, 4.69) is 39.7 Å². The first kappa shape index (κ1) is 34.1. The van der Waals surface area contributed by atoms with Gasteiger partial charge in [0.1, 0.15) is 5.82 Å². The first-order valence-corrected chi connectivity index (χ1v) is 17.4. The van der Waals surface area contributed by atoms with E-state index in [1.54, 1.807) is 0 Å².